The Morgan fingerprint density at radius 3 is 2.00 bits per heavy atom. The number of carbonyl (C=O) groups is 1. The molecule has 0 aliphatic carbocycles. The first-order valence-electron chi connectivity index (χ1n) is 2.79. The maximum absolute atomic E-state index is 10.8. The van der Waals surface area contributed by atoms with Gasteiger partial charge in [0.05, 0.1) is 5.25 Å². The van der Waals surface area contributed by atoms with Gasteiger partial charge in [-0.05, 0) is 13.8 Å². The monoisotopic (exact) mass is 166 g/mol. The fourth-order valence-electron chi connectivity index (χ4n) is 0.339. The van der Waals surface area contributed by atoms with Crippen LogP contribution < -0.4 is 0 Å². The molecule has 0 aliphatic heterocycles. The van der Waals surface area contributed by atoms with Crippen molar-refractivity contribution in [1.82, 2.24) is 0 Å². The summed E-state index contributed by atoms with van der Waals surface area (Å²) < 4.78 is 21.5. The van der Waals surface area contributed by atoms with Gasteiger partial charge in [0, 0.05) is 0 Å². The minimum Gasteiger partial charge on any atom is -0.480 e. The molecule has 0 heterocycles. The van der Waals surface area contributed by atoms with E-state index in [-0.39, 0.29) is 0 Å². The molecule has 60 valence electrons. The molecule has 0 saturated carbocycles. The summed E-state index contributed by atoms with van der Waals surface area (Å²) in [4.78, 5) is 9.94. The number of hydrogen-bond acceptors (Lipinski definition) is 3. The summed E-state index contributed by atoms with van der Waals surface area (Å²) in [6, 6.07) is 0. The van der Waals surface area contributed by atoms with E-state index in [4.69, 9.17) is 5.11 Å². The lowest BCUT2D eigenvalue weighted by molar-refractivity contribution is -0.134. The van der Waals surface area contributed by atoms with E-state index in [1.165, 1.54) is 13.8 Å². The van der Waals surface area contributed by atoms with Crippen LogP contribution in [0.1, 0.15) is 13.8 Å². The highest BCUT2D eigenvalue weighted by Gasteiger charge is 2.19. The molecule has 5 heteroatoms. The van der Waals surface area contributed by atoms with Gasteiger partial charge in [0.1, 0.15) is 5.75 Å². The van der Waals surface area contributed by atoms with Gasteiger partial charge in [-0.3, -0.25) is 4.79 Å². The topological polar surface area (TPSA) is 71.4 Å². The Kier molecular flexibility index (Phi) is 2.83. The normalized spacial score (nSPS) is 11.9. The first-order valence-corrected chi connectivity index (χ1v) is 4.51. The molecular weight excluding hydrogens is 156 g/mol. The van der Waals surface area contributed by atoms with Gasteiger partial charge in [0.15, 0.2) is 9.84 Å². The largest absolute Gasteiger partial charge is 0.480 e. The molecule has 0 aliphatic rings. The SMILES string of the molecule is CC(C)S(=O)(=O)CC(=O)O. The summed E-state index contributed by atoms with van der Waals surface area (Å²) in [5.41, 5.74) is 0. The third kappa shape index (κ3) is 2.82. The fraction of sp³-hybridized carbons (Fsp3) is 0.800. The van der Waals surface area contributed by atoms with Gasteiger partial charge in [-0.25, -0.2) is 8.42 Å². The van der Waals surface area contributed by atoms with Crippen molar-refractivity contribution in [2.75, 3.05) is 5.75 Å². The minimum absolute atomic E-state index is 0.608. The number of sulfone groups is 1. The molecule has 0 fully saturated rings. The predicted molar refractivity (Wildman–Crippen MR) is 36.6 cm³/mol. The molecule has 0 spiro atoms. The zero-order valence-electron chi connectivity index (χ0n) is 5.86. The Balaban J connectivity index is 4.31. The van der Waals surface area contributed by atoms with E-state index in [9.17, 15) is 13.2 Å². The summed E-state index contributed by atoms with van der Waals surface area (Å²) in [7, 11) is -3.40. The molecule has 0 aromatic carbocycles. The first-order chi connectivity index (χ1) is 4.36. The van der Waals surface area contributed by atoms with Crippen LogP contribution in [0, 0.1) is 0 Å². The van der Waals surface area contributed by atoms with Gasteiger partial charge in [-0.15, -0.1) is 0 Å². The quantitative estimate of drug-likeness (QED) is 0.635. The van der Waals surface area contributed by atoms with Gasteiger partial charge < -0.3 is 5.11 Å². The third-order valence-electron chi connectivity index (χ3n) is 1.04. The van der Waals surface area contributed by atoms with E-state index < -0.39 is 26.8 Å². The lowest BCUT2D eigenvalue weighted by atomic mass is 10.6. The van der Waals surface area contributed by atoms with Crippen molar-refractivity contribution < 1.29 is 18.3 Å². The molecule has 0 saturated heterocycles. The van der Waals surface area contributed by atoms with E-state index in [2.05, 4.69) is 0 Å². The lowest BCUT2D eigenvalue weighted by Crippen LogP contribution is -2.22. The third-order valence-corrected chi connectivity index (χ3v) is 3.13. The molecule has 0 radical (unpaired) electrons. The predicted octanol–water partition coefficient (Wildman–Crippen LogP) is -0.106. The van der Waals surface area contributed by atoms with Gasteiger partial charge >= 0.3 is 5.97 Å². The molecule has 0 rings (SSSR count). The Hall–Kier alpha value is -0.580. The summed E-state index contributed by atoms with van der Waals surface area (Å²) in [6.07, 6.45) is 0. The van der Waals surface area contributed by atoms with Gasteiger partial charge in [-0.2, -0.15) is 0 Å². The number of hydrogen-bond donors (Lipinski definition) is 1. The second-order valence-corrected chi connectivity index (χ2v) is 4.81. The van der Waals surface area contributed by atoms with Crippen LogP contribution >= 0.6 is 0 Å². The van der Waals surface area contributed by atoms with Crippen LogP contribution in [0.3, 0.4) is 0 Å². The summed E-state index contributed by atoms with van der Waals surface area (Å²) in [5.74, 6) is -2.07. The van der Waals surface area contributed by atoms with E-state index in [0.717, 1.165) is 0 Å². The maximum Gasteiger partial charge on any atom is 0.318 e. The molecule has 0 amide bonds. The number of aliphatic carboxylic acids is 1. The number of carboxylic acid groups (broad SMARTS) is 1. The molecule has 1 N–H and O–H groups in total. The van der Waals surface area contributed by atoms with Crippen molar-refractivity contribution >= 4 is 15.8 Å². The van der Waals surface area contributed by atoms with Crippen molar-refractivity contribution in [2.24, 2.45) is 0 Å². The van der Waals surface area contributed by atoms with Crippen molar-refractivity contribution in [3.8, 4) is 0 Å². The Labute approximate surface area is 59.8 Å². The van der Waals surface area contributed by atoms with Crippen LogP contribution in [-0.2, 0) is 14.6 Å². The highest BCUT2D eigenvalue weighted by Crippen LogP contribution is 1.99. The molecular formula is C5H10O4S. The molecule has 0 unspecified atom stereocenters. The highest BCUT2D eigenvalue weighted by molar-refractivity contribution is 7.92. The van der Waals surface area contributed by atoms with Gasteiger partial charge in [0.25, 0.3) is 0 Å². The van der Waals surface area contributed by atoms with Crippen LogP contribution in [0.4, 0.5) is 0 Å². The molecule has 0 atom stereocenters. The first kappa shape index (κ1) is 9.42. The van der Waals surface area contributed by atoms with Gasteiger partial charge in [0.2, 0.25) is 0 Å². The second-order valence-electron chi connectivity index (χ2n) is 2.25. The number of rotatable bonds is 3. The van der Waals surface area contributed by atoms with Crippen LogP contribution in [-0.4, -0.2) is 30.5 Å². The van der Waals surface area contributed by atoms with E-state index in [1.807, 2.05) is 0 Å². The molecule has 10 heavy (non-hydrogen) atoms. The van der Waals surface area contributed by atoms with Crippen LogP contribution in [0.25, 0.3) is 0 Å². The maximum atomic E-state index is 10.8. The van der Waals surface area contributed by atoms with Crippen LogP contribution in [0.5, 0.6) is 0 Å². The zero-order chi connectivity index (χ0) is 8.36. The summed E-state index contributed by atoms with van der Waals surface area (Å²) in [5, 5.41) is 7.51. The fourth-order valence-corrected chi connectivity index (χ4v) is 1.02. The molecule has 4 nitrogen and oxygen atoms in total. The van der Waals surface area contributed by atoms with Crippen molar-refractivity contribution in [3.63, 3.8) is 0 Å². The van der Waals surface area contributed by atoms with Crippen molar-refractivity contribution in [1.29, 1.82) is 0 Å². The Morgan fingerprint density at radius 1 is 1.50 bits per heavy atom. The van der Waals surface area contributed by atoms with Gasteiger partial charge in [-0.1, -0.05) is 0 Å². The summed E-state index contributed by atoms with van der Waals surface area (Å²) >= 11 is 0. The molecule has 0 bridgehead atoms. The molecule has 0 aromatic heterocycles. The Bertz CT molecular complexity index is 214. The van der Waals surface area contributed by atoms with E-state index in [0.29, 0.717) is 0 Å². The Morgan fingerprint density at radius 2 is 1.90 bits per heavy atom. The second kappa shape index (κ2) is 3.01. The standard InChI is InChI=1S/C5H10O4S/c1-4(2)10(8,9)3-5(6)7/h4H,3H2,1-2H3,(H,6,7). The summed E-state index contributed by atoms with van der Waals surface area (Å²) in [6.45, 7) is 2.91. The van der Waals surface area contributed by atoms with Crippen LogP contribution in [0.2, 0.25) is 0 Å². The average molecular weight is 166 g/mol. The zero-order valence-corrected chi connectivity index (χ0v) is 6.68. The lowest BCUT2D eigenvalue weighted by Gasteiger charge is -2.02. The minimum atomic E-state index is -3.40. The number of carboxylic acids is 1. The smallest absolute Gasteiger partial charge is 0.318 e. The van der Waals surface area contributed by atoms with Crippen molar-refractivity contribution in [2.45, 2.75) is 19.1 Å². The average Bonchev–Trinajstić information content (AvgIpc) is 1.60. The van der Waals surface area contributed by atoms with Crippen molar-refractivity contribution in [3.05, 3.63) is 0 Å². The van der Waals surface area contributed by atoms with E-state index in [1.54, 1.807) is 0 Å². The molecule has 0 aromatic rings. The van der Waals surface area contributed by atoms with Crippen LogP contribution in [0.15, 0.2) is 0 Å². The highest BCUT2D eigenvalue weighted by atomic mass is 32.2. The van der Waals surface area contributed by atoms with E-state index >= 15 is 0 Å².